The van der Waals surface area contributed by atoms with Gasteiger partial charge in [-0.1, -0.05) is 6.42 Å². The van der Waals surface area contributed by atoms with E-state index in [9.17, 15) is 27.9 Å². The van der Waals surface area contributed by atoms with E-state index in [1.165, 1.54) is 9.80 Å². The van der Waals surface area contributed by atoms with Crippen LogP contribution in [0.1, 0.15) is 66.4 Å². The van der Waals surface area contributed by atoms with Crippen LogP contribution in [-0.4, -0.2) is 73.4 Å². The molecule has 3 aliphatic rings. The first-order chi connectivity index (χ1) is 18.4. The van der Waals surface area contributed by atoms with Gasteiger partial charge in [0.05, 0.1) is 11.7 Å². The molecule has 1 aliphatic carbocycles. The number of rotatable bonds is 5. The molecule has 0 unspecified atom stereocenters. The summed E-state index contributed by atoms with van der Waals surface area (Å²) in [6.45, 7) is 9.92. The zero-order valence-corrected chi connectivity index (χ0v) is 24.4. The van der Waals surface area contributed by atoms with Crippen molar-refractivity contribution in [2.24, 2.45) is 5.92 Å². The number of fused-ring (bicyclic) bond motifs is 1. The average Bonchev–Trinajstić information content (AvgIpc) is 3.22. The third-order valence-electron chi connectivity index (χ3n) is 6.81. The van der Waals surface area contributed by atoms with Crippen molar-refractivity contribution in [3.63, 3.8) is 0 Å². The molecule has 2 fully saturated rings. The number of aromatic hydroxyl groups is 1. The molecule has 3 amide bonds. The minimum atomic E-state index is -4.42. The molecule has 0 radical (unpaired) electrons. The molecule has 222 valence electrons. The van der Waals surface area contributed by atoms with Crippen molar-refractivity contribution in [3.8, 4) is 5.75 Å². The Hall–Kier alpha value is -3.29. The number of nitrogens with zero attached hydrogens (tertiary/aromatic N) is 3. The highest BCUT2D eigenvalue weighted by atomic mass is 32.2. The predicted molar refractivity (Wildman–Crippen MR) is 144 cm³/mol. The lowest BCUT2D eigenvalue weighted by Gasteiger charge is -2.37. The maximum absolute atomic E-state index is 16.0. The van der Waals surface area contributed by atoms with Crippen LogP contribution in [0, 0.1) is 11.7 Å². The third kappa shape index (κ3) is 6.21. The second-order valence-electron chi connectivity index (χ2n) is 12.5. The largest absolute Gasteiger partial charge is 0.506 e. The second-order valence-corrected chi connectivity index (χ2v) is 14.1. The van der Waals surface area contributed by atoms with Gasteiger partial charge in [-0.05, 0) is 60.3 Å². The van der Waals surface area contributed by atoms with Gasteiger partial charge in [0.15, 0.2) is 5.82 Å². The van der Waals surface area contributed by atoms with Gasteiger partial charge < -0.3 is 19.5 Å². The van der Waals surface area contributed by atoms with Crippen molar-refractivity contribution in [2.75, 3.05) is 28.8 Å². The summed E-state index contributed by atoms with van der Waals surface area (Å²) in [4.78, 5) is 41.1. The molecular formula is C26H37FN4O8S. The van der Waals surface area contributed by atoms with Crippen molar-refractivity contribution in [3.05, 3.63) is 17.4 Å². The van der Waals surface area contributed by atoms with Gasteiger partial charge >= 0.3 is 22.4 Å². The van der Waals surface area contributed by atoms with E-state index in [2.05, 4.69) is 0 Å². The summed E-state index contributed by atoms with van der Waals surface area (Å²) in [5.74, 6) is -2.47. The molecule has 1 atom stereocenters. The van der Waals surface area contributed by atoms with Gasteiger partial charge in [-0.15, -0.1) is 0 Å². The van der Waals surface area contributed by atoms with E-state index >= 15 is 4.39 Å². The number of hydrogen-bond donors (Lipinski definition) is 2. The van der Waals surface area contributed by atoms with Crippen LogP contribution in [-0.2, 0) is 30.9 Å². The summed E-state index contributed by atoms with van der Waals surface area (Å²) >= 11 is 0. The van der Waals surface area contributed by atoms with Gasteiger partial charge in [-0.25, -0.2) is 23.0 Å². The van der Waals surface area contributed by atoms with Crippen LogP contribution in [0.4, 0.5) is 25.4 Å². The number of anilines is 2. The Morgan fingerprint density at radius 3 is 2.25 bits per heavy atom. The molecule has 2 heterocycles. The molecule has 2 N–H and O–H groups in total. The van der Waals surface area contributed by atoms with Crippen molar-refractivity contribution >= 4 is 39.7 Å². The monoisotopic (exact) mass is 584 g/mol. The van der Waals surface area contributed by atoms with Crippen molar-refractivity contribution in [1.82, 2.24) is 9.62 Å². The standard InChI is InChI=1S/C26H37FN4O8S/c1-25(2,3)38-23(34)29(12-15-8-7-9-15)13-16-10-17-18(31(16)24(35)39-26(4,5)6)11-19(32)22(21(17)27)30-14-20(33)28-40(30,36)37/h11,15-16,32H,7-10,12-14H2,1-6H3,(H,28,33)/t16-/m1/s1. The van der Waals surface area contributed by atoms with Crippen molar-refractivity contribution in [1.29, 1.82) is 0 Å². The highest BCUT2D eigenvalue weighted by Gasteiger charge is 2.45. The van der Waals surface area contributed by atoms with Crippen LogP contribution in [0.2, 0.25) is 0 Å². The van der Waals surface area contributed by atoms with Crippen LogP contribution < -0.4 is 13.9 Å². The number of phenolic OH excluding ortho intramolecular Hbond substituents is 1. The second kappa shape index (κ2) is 10.3. The molecule has 4 rings (SSSR count). The number of halogens is 1. The molecule has 40 heavy (non-hydrogen) atoms. The zero-order chi connectivity index (χ0) is 29.8. The highest BCUT2D eigenvalue weighted by molar-refractivity contribution is 7.92. The van der Waals surface area contributed by atoms with E-state index in [0.717, 1.165) is 25.3 Å². The maximum atomic E-state index is 16.0. The Labute approximate surface area is 233 Å². The van der Waals surface area contributed by atoms with Crippen LogP contribution in [0.5, 0.6) is 5.75 Å². The summed E-state index contributed by atoms with van der Waals surface area (Å²) in [5, 5.41) is 10.8. The quantitative estimate of drug-likeness (QED) is 0.536. The molecule has 1 aromatic carbocycles. The van der Waals surface area contributed by atoms with Gasteiger partial charge in [0.1, 0.15) is 29.2 Å². The number of hydrogen-bond acceptors (Lipinski definition) is 8. The number of ether oxygens (including phenoxy) is 2. The lowest BCUT2D eigenvalue weighted by atomic mass is 9.85. The van der Waals surface area contributed by atoms with Crippen LogP contribution in [0.15, 0.2) is 6.07 Å². The fourth-order valence-electron chi connectivity index (χ4n) is 4.96. The Balaban J connectivity index is 1.74. The molecular weight excluding hydrogens is 547 g/mol. The van der Waals surface area contributed by atoms with Crippen LogP contribution in [0.3, 0.4) is 0 Å². The predicted octanol–water partition coefficient (Wildman–Crippen LogP) is 3.42. The third-order valence-corrected chi connectivity index (χ3v) is 8.19. The van der Waals surface area contributed by atoms with Gasteiger partial charge in [-0.3, -0.25) is 9.69 Å². The SMILES string of the molecule is CC(C)(C)OC(=O)N(CC1CCC1)C[C@H]1Cc2c(cc(O)c(N3CC(=O)NS3(=O)=O)c2F)N1C(=O)OC(C)(C)C. The lowest BCUT2D eigenvalue weighted by Crippen LogP contribution is -2.50. The first-order valence-electron chi connectivity index (χ1n) is 13.2. The summed E-state index contributed by atoms with van der Waals surface area (Å²) in [6.07, 6.45) is 1.45. The Morgan fingerprint density at radius 2 is 1.75 bits per heavy atom. The molecule has 1 aromatic rings. The molecule has 0 aromatic heterocycles. The van der Waals surface area contributed by atoms with E-state index in [1.54, 1.807) is 46.3 Å². The van der Waals surface area contributed by atoms with Crippen LogP contribution in [0.25, 0.3) is 0 Å². The number of amides is 3. The fraction of sp³-hybridized carbons (Fsp3) is 0.654. The fourth-order valence-corrected chi connectivity index (χ4v) is 6.13. The Bertz CT molecular complexity index is 1320. The average molecular weight is 585 g/mol. The first kappa shape index (κ1) is 29.7. The van der Waals surface area contributed by atoms with Gasteiger partial charge in [0.25, 0.3) is 5.91 Å². The number of nitrogens with one attached hydrogen (secondary N) is 1. The number of benzene rings is 1. The van der Waals surface area contributed by atoms with Gasteiger partial charge in [0, 0.05) is 31.1 Å². The lowest BCUT2D eigenvalue weighted by molar-refractivity contribution is -0.117. The van der Waals surface area contributed by atoms with E-state index < -0.39 is 69.3 Å². The van der Waals surface area contributed by atoms with Crippen LogP contribution >= 0.6 is 0 Å². The minimum Gasteiger partial charge on any atom is -0.506 e. The highest BCUT2D eigenvalue weighted by Crippen LogP contribution is 2.45. The normalized spacial score (nSPS) is 20.6. The molecule has 0 bridgehead atoms. The van der Waals surface area contributed by atoms with E-state index in [0.29, 0.717) is 10.8 Å². The zero-order valence-electron chi connectivity index (χ0n) is 23.6. The molecule has 1 saturated heterocycles. The number of phenols is 1. The smallest absolute Gasteiger partial charge is 0.415 e. The summed E-state index contributed by atoms with van der Waals surface area (Å²) in [5.41, 5.74) is -2.43. The number of carbonyl (C=O) groups excluding carboxylic acids is 3. The topological polar surface area (TPSA) is 146 Å². The Morgan fingerprint density at radius 1 is 1.12 bits per heavy atom. The molecule has 1 saturated carbocycles. The molecule has 12 nitrogen and oxygen atoms in total. The molecule has 0 spiro atoms. The van der Waals surface area contributed by atoms with Crippen molar-refractivity contribution in [2.45, 2.75) is 84.5 Å². The van der Waals surface area contributed by atoms with Gasteiger partial charge in [0.2, 0.25) is 0 Å². The summed E-state index contributed by atoms with van der Waals surface area (Å²) in [7, 11) is -4.42. The molecule has 14 heteroatoms. The van der Waals surface area contributed by atoms with E-state index in [-0.39, 0.29) is 30.1 Å². The van der Waals surface area contributed by atoms with E-state index in [4.69, 9.17) is 9.47 Å². The summed E-state index contributed by atoms with van der Waals surface area (Å²) < 4.78 is 54.3. The number of carbonyl (C=O) groups is 3. The van der Waals surface area contributed by atoms with E-state index in [1.807, 2.05) is 0 Å². The van der Waals surface area contributed by atoms with Gasteiger partial charge in [-0.2, -0.15) is 8.42 Å². The van der Waals surface area contributed by atoms with Crippen molar-refractivity contribution < 1.29 is 41.8 Å². The maximum Gasteiger partial charge on any atom is 0.415 e. The summed E-state index contributed by atoms with van der Waals surface area (Å²) in [6, 6.07) is 0.274. The minimum absolute atomic E-state index is 0.0123. The Kier molecular flexibility index (Phi) is 7.63. The first-order valence-corrected chi connectivity index (χ1v) is 14.7. The molecule has 2 aliphatic heterocycles.